The van der Waals surface area contributed by atoms with E-state index in [1.807, 2.05) is 13.8 Å². The van der Waals surface area contributed by atoms with E-state index in [1.54, 1.807) is 0 Å². The zero-order valence-corrected chi connectivity index (χ0v) is 14.7. The number of rotatable bonds is 1. The molecule has 2 unspecified atom stereocenters. The van der Waals surface area contributed by atoms with Crippen molar-refractivity contribution in [3.8, 4) is 6.07 Å². The summed E-state index contributed by atoms with van der Waals surface area (Å²) in [7, 11) is 0. The van der Waals surface area contributed by atoms with Crippen LogP contribution in [-0.4, -0.2) is 41.4 Å². The molecule has 0 spiro atoms. The summed E-state index contributed by atoms with van der Waals surface area (Å²) in [6.45, 7) is 13.8. The predicted molar refractivity (Wildman–Crippen MR) is 88.1 cm³/mol. The fraction of sp³-hybridized carbons (Fsp3) is 0.882. The van der Waals surface area contributed by atoms with Crippen LogP contribution in [0.15, 0.2) is 0 Å². The molecule has 0 amide bonds. The number of carbonyl (C=O) groups excluding carboxylic acids is 1. The second-order valence-corrected chi connectivity index (χ2v) is 6.76. The van der Waals surface area contributed by atoms with E-state index in [0.717, 1.165) is 12.6 Å². The van der Waals surface area contributed by atoms with E-state index in [9.17, 15) is 4.79 Å². The lowest BCUT2D eigenvalue weighted by atomic mass is 10.0. The molecule has 0 aromatic rings. The summed E-state index contributed by atoms with van der Waals surface area (Å²) in [6.07, 6.45) is 5.23. The van der Waals surface area contributed by atoms with Crippen molar-refractivity contribution in [1.29, 1.82) is 5.26 Å². The number of hydrogen-bond donors (Lipinski definition) is 1. The number of likely N-dealkylation sites (tertiary alicyclic amines) is 1. The van der Waals surface area contributed by atoms with Crippen molar-refractivity contribution >= 4 is 5.78 Å². The Hall–Kier alpha value is -0.920. The first kappa shape index (κ1) is 20.1. The summed E-state index contributed by atoms with van der Waals surface area (Å²) >= 11 is 0. The fourth-order valence-corrected chi connectivity index (χ4v) is 2.69. The average molecular weight is 295 g/mol. The number of hydrogen-bond acceptors (Lipinski definition) is 4. The normalized spacial score (nSPS) is 25.2. The van der Waals surface area contributed by atoms with Crippen LogP contribution in [0.25, 0.3) is 0 Å². The maximum absolute atomic E-state index is 9.44. The number of carbonyl (C=O) groups is 1. The molecule has 2 aliphatic rings. The van der Waals surface area contributed by atoms with Gasteiger partial charge in [-0.15, -0.1) is 0 Å². The summed E-state index contributed by atoms with van der Waals surface area (Å²) in [6, 6.07) is 3.72. The highest BCUT2D eigenvalue weighted by Gasteiger charge is 2.33. The van der Waals surface area contributed by atoms with Crippen molar-refractivity contribution < 1.29 is 4.79 Å². The summed E-state index contributed by atoms with van der Waals surface area (Å²) in [5.41, 5.74) is -0.268. The van der Waals surface area contributed by atoms with Crippen LogP contribution in [-0.2, 0) is 4.79 Å². The Bertz CT molecular complexity index is 336. The Balaban J connectivity index is 0.000000335. The Morgan fingerprint density at radius 3 is 2.05 bits per heavy atom. The molecule has 2 rings (SSSR count). The number of nitrogens with one attached hydrogen (secondary N) is 1. The third-order valence-corrected chi connectivity index (χ3v) is 3.85. The minimum absolute atomic E-state index is 0.167. The lowest BCUT2D eigenvalue weighted by Gasteiger charge is -2.32. The van der Waals surface area contributed by atoms with Gasteiger partial charge in [-0.25, -0.2) is 0 Å². The molecule has 0 radical (unpaired) electrons. The largest absolute Gasteiger partial charge is 0.314 e. The SMILES string of the molecule is CC(C)=O.CC1CCCN1.CC1CCCN1C(C)(C)C#N. The van der Waals surface area contributed by atoms with E-state index >= 15 is 0 Å². The van der Waals surface area contributed by atoms with Gasteiger partial charge in [0.05, 0.1) is 6.07 Å². The molecule has 122 valence electrons. The summed E-state index contributed by atoms with van der Waals surface area (Å²) in [5, 5.41) is 12.2. The minimum Gasteiger partial charge on any atom is -0.314 e. The minimum atomic E-state index is -0.268. The molecule has 1 N–H and O–H groups in total. The average Bonchev–Trinajstić information content (AvgIpc) is 3.00. The zero-order valence-electron chi connectivity index (χ0n) is 14.7. The molecule has 0 saturated carbocycles. The second-order valence-electron chi connectivity index (χ2n) is 6.76. The van der Waals surface area contributed by atoms with Crippen LogP contribution in [0.4, 0.5) is 0 Å². The molecule has 0 aromatic heterocycles. The molecular formula is C17H33N3O. The van der Waals surface area contributed by atoms with Gasteiger partial charge in [-0.05, 0) is 80.3 Å². The van der Waals surface area contributed by atoms with E-state index < -0.39 is 0 Å². The van der Waals surface area contributed by atoms with Crippen LogP contribution in [0.5, 0.6) is 0 Å². The van der Waals surface area contributed by atoms with Gasteiger partial charge in [0.2, 0.25) is 0 Å². The van der Waals surface area contributed by atoms with Gasteiger partial charge in [-0.2, -0.15) is 5.26 Å². The molecule has 4 nitrogen and oxygen atoms in total. The third kappa shape index (κ3) is 8.85. The van der Waals surface area contributed by atoms with Gasteiger partial charge in [-0.3, -0.25) is 4.90 Å². The number of Topliss-reactive ketones (excluding diaryl/α,β-unsaturated/α-hetero) is 1. The van der Waals surface area contributed by atoms with Crippen molar-refractivity contribution in [2.24, 2.45) is 0 Å². The van der Waals surface area contributed by atoms with E-state index in [-0.39, 0.29) is 11.3 Å². The Morgan fingerprint density at radius 1 is 1.24 bits per heavy atom. The maximum atomic E-state index is 9.44. The lowest BCUT2D eigenvalue weighted by Crippen LogP contribution is -2.44. The van der Waals surface area contributed by atoms with Crippen molar-refractivity contribution in [2.45, 2.75) is 84.8 Å². The topological polar surface area (TPSA) is 56.1 Å². The number of nitrogens with zero attached hydrogens (tertiary/aromatic N) is 2. The number of nitriles is 1. The van der Waals surface area contributed by atoms with E-state index in [4.69, 9.17) is 5.26 Å². The first-order chi connectivity index (χ1) is 9.70. The second kappa shape index (κ2) is 9.92. The van der Waals surface area contributed by atoms with Crippen LogP contribution >= 0.6 is 0 Å². The van der Waals surface area contributed by atoms with Crippen molar-refractivity contribution in [1.82, 2.24) is 10.2 Å². The van der Waals surface area contributed by atoms with Crippen LogP contribution in [0.3, 0.4) is 0 Å². The monoisotopic (exact) mass is 295 g/mol. The summed E-state index contributed by atoms with van der Waals surface area (Å²) < 4.78 is 0. The molecule has 2 saturated heterocycles. The molecule has 0 aromatic carbocycles. The third-order valence-electron chi connectivity index (χ3n) is 3.85. The Kier molecular flexibility index (Phi) is 9.48. The van der Waals surface area contributed by atoms with Gasteiger partial charge in [0.25, 0.3) is 0 Å². The zero-order chi connectivity index (χ0) is 16.5. The molecule has 2 aliphatic heterocycles. The molecular weight excluding hydrogens is 262 g/mol. The Morgan fingerprint density at radius 2 is 1.81 bits per heavy atom. The van der Waals surface area contributed by atoms with Crippen LogP contribution in [0.1, 0.15) is 67.2 Å². The fourth-order valence-electron chi connectivity index (χ4n) is 2.69. The van der Waals surface area contributed by atoms with Crippen molar-refractivity contribution in [2.75, 3.05) is 13.1 Å². The molecule has 2 atom stereocenters. The molecule has 0 bridgehead atoms. The van der Waals surface area contributed by atoms with Gasteiger partial charge < -0.3 is 10.1 Å². The standard InChI is InChI=1S/C9H16N2.C5H11N.C3H6O/c1-8-5-4-6-11(8)9(2,3)7-10;1-5-3-2-4-6-5;1-3(2)4/h8H,4-6H2,1-3H3;5-6H,2-4H2,1H3;1-2H3. The van der Waals surface area contributed by atoms with Crippen LogP contribution < -0.4 is 5.32 Å². The lowest BCUT2D eigenvalue weighted by molar-refractivity contribution is -0.114. The van der Waals surface area contributed by atoms with Gasteiger partial charge >= 0.3 is 0 Å². The molecule has 2 fully saturated rings. The Labute approximate surface area is 130 Å². The highest BCUT2D eigenvalue weighted by Crippen LogP contribution is 2.25. The van der Waals surface area contributed by atoms with Crippen LogP contribution in [0, 0.1) is 11.3 Å². The van der Waals surface area contributed by atoms with Gasteiger partial charge in [-0.1, -0.05) is 0 Å². The predicted octanol–water partition coefficient (Wildman–Crippen LogP) is 3.13. The summed E-state index contributed by atoms with van der Waals surface area (Å²) in [5.74, 6) is 0.167. The molecule has 0 aliphatic carbocycles. The molecule has 21 heavy (non-hydrogen) atoms. The van der Waals surface area contributed by atoms with E-state index in [2.05, 4.69) is 30.1 Å². The van der Waals surface area contributed by atoms with Gasteiger partial charge in [0, 0.05) is 12.1 Å². The van der Waals surface area contributed by atoms with Gasteiger partial charge in [0.15, 0.2) is 0 Å². The smallest absolute Gasteiger partial charge is 0.126 e. The molecule has 2 heterocycles. The first-order valence-electron chi connectivity index (χ1n) is 8.09. The van der Waals surface area contributed by atoms with E-state index in [1.165, 1.54) is 46.1 Å². The van der Waals surface area contributed by atoms with Crippen molar-refractivity contribution in [3.63, 3.8) is 0 Å². The maximum Gasteiger partial charge on any atom is 0.126 e. The van der Waals surface area contributed by atoms with E-state index in [0.29, 0.717) is 6.04 Å². The van der Waals surface area contributed by atoms with Crippen LogP contribution in [0.2, 0.25) is 0 Å². The number of ketones is 1. The highest BCUT2D eigenvalue weighted by molar-refractivity contribution is 5.72. The van der Waals surface area contributed by atoms with Crippen molar-refractivity contribution in [3.05, 3.63) is 0 Å². The summed E-state index contributed by atoms with van der Waals surface area (Å²) in [4.78, 5) is 11.7. The quantitative estimate of drug-likeness (QED) is 0.807. The molecule has 4 heteroatoms. The highest BCUT2D eigenvalue weighted by atomic mass is 16.1. The first-order valence-corrected chi connectivity index (χ1v) is 8.09. The van der Waals surface area contributed by atoms with Gasteiger partial charge in [0.1, 0.15) is 11.3 Å².